The summed E-state index contributed by atoms with van der Waals surface area (Å²) >= 11 is 0. The van der Waals surface area contributed by atoms with Gasteiger partial charge in [0.25, 0.3) is 0 Å². The molecule has 0 radical (unpaired) electrons. The third-order valence-corrected chi connectivity index (χ3v) is 4.30. The molecule has 4 heteroatoms. The molecule has 0 aromatic carbocycles. The third-order valence-electron chi connectivity index (χ3n) is 4.30. The minimum atomic E-state index is 0.158. The predicted octanol–water partition coefficient (Wildman–Crippen LogP) is 4.20. The average molecular weight is 318 g/mol. The fourth-order valence-corrected chi connectivity index (χ4v) is 2.87. The number of hydrogen-bond acceptors (Lipinski definition) is 4. The molecule has 0 saturated heterocycles. The van der Waals surface area contributed by atoms with E-state index in [2.05, 4.69) is 51.9 Å². The number of rotatable bonds is 6. The highest BCUT2D eigenvalue weighted by Gasteiger charge is 2.24. The molecule has 3 aromatic heterocycles. The van der Waals surface area contributed by atoms with Crippen LogP contribution >= 0.6 is 0 Å². The zero-order valence-electron chi connectivity index (χ0n) is 14.1. The van der Waals surface area contributed by atoms with E-state index in [1.807, 2.05) is 55.0 Å². The molecule has 3 heterocycles. The maximum absolute atomic E-state index is 4.53. The molecular weight excluding hydrogens is 296 g/mol. The Morgan fingerprint density at radius 1 is 0.708 bits per heavy atom. The Morgan fingerprint density at radius 2 is 1.21 bits per heavy atom. The van der Waals surface area contributed by atoms with Gasteiger partial charge in [-0.05, 0) is 50.2 Å². The van der Waals surface area contributed by atoms with Gasteiger partial charge in [0, 0.05) is 25.1 Å². The van der Waals surface area contributed by atoms with Crippen molar-refractivity contribution in [2.45, 2.75) is 32.5 Å². The summed E-state index contributed by atoms with van der Waals surface area (Å²) in [5, 5.41) is 0. The molecule has 0 N–H and O–H groups in total. The van der Waals surface area contributed by atoms with Crippen LogP contribution in [-0.4, -0.2) is 19.9 Å². The Balaban J connectivity index is 1.91. The van der Waals surface area contributed by atoms with Crippen molar-refractivity contribution >= 4 is 0 Å². The Hall–Kier alpha value is -2.59. The van der Waals surface area contributed by atoms with E-state index in [9.17, 15) is 0 Å². The van der Waals surface area contributed by atoms with E-state index >= 15 is 0 Å². The van der Waals surface area contributed by atoms with Gasteiger partial charge < -0.3 is 0 Å². The minimum Gasteiger partial charge on any atom is -0.281 e. The lowest BCUT2D eigenvalue weighted by Gasteiger charge is -2.33. The zero-order valence-corrected chi connectivity index (χ0v) is 14.1. The summed E-state index contributed by atoms with van der Waals surface area (Å²) in [7, 11) is 0. The zero-order chi connectivity index (χ0) is 16.8. The fourth-order valence-electron chi connectivity index (χ4n) is 2.87. The van der Waals surface area contributed by atoms with Crippen LogP contribution in [-0.2, 0) is 6.54 Å². The first-order chi connectivity index (χ1) is 11.8. The smallest absolute Gasteiger partial charge is 0.0572 e. The summed E-state index contributed by atoms with van der Waals surface area (Å²) in [5.41, 5.74) is 3.15. The Kier molecular flexibility index (Phi) is 5.29. The standard InChI is InChI=1S/C20H22N4/c1-16(19-10-4-7-13-22-19)24(15-18-9-3-6-12-21-18)17(2)20-11-5-8-14-23-20/h3-14,16-17H,15H2,1-2H3/t16-,17-/m0/s1. The number of pyridine rings is 3. The Morgan fingerprint density at radius 3 is 1.62 bits per heavy atom. The number of nitrogens with zero attached hydrogens (tertiary/aromatic N) is 4. The lowest BCUT2D eigenvalue weighted by atomic mass is 10.1. The maximum Gasteiger partial charge on any atom is 0.0572 e. The van der Waals surface area contributed by atoms with Gasteiger partial charge in [-0.25, -0.2) is 0 Å². The van der Waals surface area contributed by atoms with Crippen LogP contribution in [0.3, 0.4) is 0 Å². The highest BCUT2D eigenvalue weighted by molar-refractivity contribution is 5.14. The van der Waals surface area contributed by atoms with Gasteiger partial charge in [0.05, 0.1) is 29.2 Å². The molecule has 0 aliphatic heterocycles. The second kappa shape index (κ2) is 7.79. The predicted molar refractivity (Wildman–Crippen MR) is 95.1 cm³/mol. The summed E-state index contributed by atoms with van der Waals surface area (Å²) < 4.78 is 0. The summed E-state index contributed by atoms with van der Waals surface area (Å²) in [6.07, 6.45) is 5.52. The summed E-state index contributed by atoms with van der Waals surface area (Å²) in [6, 6.07) is 18.4. The molecule has 4 nitrogen and oxygen atoms in total. The van der Waals surface area contributed by atoms with Gasteiger partial charge in [-0.15, -0.1) is 0 Å². The molecule has 0 aliphatic rings. The second-order valence-corrected chi connectivity index (χ2v) is 5.85. The molecule has 122 valence electrons. The van der Waals surface area contributed by atoms with Gasteiger partial charge >= 0.3 is 0 Å². The summed E-state index contributed by atoms with van der Waals surface area (Å²) in [4.78, 5) is 15.9. The normalized spacial score (nSPS) is 13.6. The first-order valence-corrected chi connectivity index (χ1v) is 8.23. The number of aromatic nitrogens is 3. The molecule has 0 amide bonds. The topological polar surface area (TPSA) is 41.9 Å². The van der Waals surface area contributed by atoms with Crippen molar-refractivity contribution in [1.82, 2.24) is 19.9 Å². The lowest BCUT2D eigenvalue weighted by molar-refractivity contribution is 0.137. The van der Waals surface area contributed by atoms with Gasteiger partial charge in [-0.2, -0.15) is 0 Å². The highest BCUT2D eigenvalue weighted by Crippen LogP contribution is 2.30. The largest absolute Gasteiger partial charge is 0.281 e. The maximum atomic E-state index is 4.53. The van der Waals surface area contributed by atoms with Crippen molar-refractivity contribution in [3.05, 3.63) is 90.3 Å². The van der Waals surface area contributed by atoms with Crippen molar-refractivity contribution in [2.75, 3.05) is 0 Å². The van der Waals surface area contributed by atoms with Gasteiger partial charge in [-0.3, -0.25) is 19.9 Å². The van der Waals surface area contributed by atoms with Crippen LogP contribution in [0.15, 0.2) is 73.2 Å². The summed E-state index contributed by atoms with van der Waals surface area (Å²) in [6.45, 7) is 5.12. The van der Waals surface area contributed by atoms with Crippen LogP contribution in [0.1, 0.15) is 43.0 Å². The van der Waals surface area contributed by atoms with Crippen LogP contribution < -0.4 is 0 Å². The molecule has 0 spiro atoms. The van der Waals surface area contributed by atoms with Crippen molar-refractivity contribution in [3.8, 4) is 0 Å². The molecular formula is C20H22N4. The van der Waals surface area contributed by atoms with E-state index < -0.39 is 0 Å². The van der Waals surface area contributed by atoms with Crippen molar-refractivity contribution in [3.63, 3.8) is 0 Å². The molecule has 3 rings (SSSR count). The molecule has 2 atom stereocenters. The van der Waals surface area contributed by atoms with E-state index in [0.717, 1.165) is 23.6 Å². The average Bonchev–Trinajstić information content (AvgIpc) is 2.67. The number of hydrogen-bond donors (Lipinski definition) is 0. The van der Waals surface area contributed by atoms with Crippen molar-refractivity contribution < 1.29 is 0 Å². The molecule has 24 heavy (non-hydrogen) atoms. The van der Waals surface area contributed by atoms with Crippen molar-refractivity contribution in [1.29, 1.82) is 0 Å². The van der Waals surface area contributed by atoms with Gasteiger partial charge in [0.2, 0.25) is 0 Å². The van der Waals surface area contributed by atoms with Crippen LogP contribution in [0.25, 0.3) is 0 Å². The summed E-state index contributed by atoms with van der Waals surface area (Å²) in [5.74, 6) is 0. The second-order valence-electron chi connectivity index (χ2n) is 5.85. The van der Waals surface area contributed by atoms with Crippen LogP contribution in [0.2, 0.25) is 0 Å². The van der Waals surface area contributed by atoms with E-state index in [1.165, 1.54) is 0 Å². The van der Waals surface area contributed by atoms with Crippen LogP contribution in [0.4, 0.5) is 0 Å². The van der Waals surface area contributed by atoms with E-state index in [4.69, 9.17) is 0 Å². The molecule has 0 saturated carbocycles. The van der Waals surface area contributed by atoms with E-state index in [-0.39, 0.29) is 12.1 Å². The van der Waals surface area contributed by atoms with Crippen LogP contribution in [0, 0.1) is 0 Å². The monoisotopic (exact) mass is 318 g/mol. The molecule has 0 fully saturated rings. The first kappa shape index (κ1) is 16.3. The van der Waals surface area contributed by atoms with Gasteiger partial charge in [0.15, 0.2) is 0 Å². The molecule has 0 bridgehead atoms. The Bertz CT molecular complexity index is 686. The van der Waals surface area contributed by atoms with Gasteiger partial charge in [-0.1, -0.05) is 18.2 Å². The highest BCUT2D eigenvalue weighted by atomic mass is 15.2. The third kappa shape index (κ3) is 3.84. The lowest BCUT2D eigenvalue weighted by Crippen LogP contribution is -2.31. The molecule has 0 aliphatic carbocycles. The van der Waals surface area contributed by atoms with E-state index in [1.54, 1.807) is 0 Å². The van der Waals surface area contributed by atoms with Gasteiger partial charge in [0.1, 0.15) is 0 Å². The van der Waals surface area contributed by atoms with Crippen LogP contribution in [0.5, 0.6) is 0 Å². The minimum absolute atomic E-state index is 0.158. The quantitative estimate of drug-likeness (QED) is 0.683. The van der Waals surface area contributed by atoms with E-state index in [0.29, 0.717) is 0 Å². The SMILES string of the molecule is C[C@@H](c1ccccn1)N(Cc1ccccn1)[C@@H](C)c1ccccn1. The Labute approximate surface area is 143 Å². The van der Waals surface area contributed by atoms with Crippen molar-refractivity contribution in [2.24, 2.45) is 0 Å². The first-order valence-electron chi connectivity index (χ1n) is 8.23. The fraction of sp³-hybridized carbons (Fsp3) is 0.250. The molecule has 3 aromatic rings. The molecule has 0 unspecified atom stereocenters.